The van der Waals surface area contributed by atoms with Gasteiger partial charge in [0.25, 0.3) is 0 Å². The van der Waals surface area contributed by atoms with Gasteiger partial charge < -0.3 is 15.4 Å². The van der Waals surface area contributed by atoms with Crippen LogP contribution in [0.1, 0.15) is 5.56 Å². The van der Waals surface area contributed by atoms with E-state index in [1.807, 2.05) is 36.4 Å². The second kappa shape index (κ2) is 5.83. The number of benzene rings is 1. The van der Waals surface area contributed by atoms with Gasteiger partial charge in [-0.1, -0.05) is 18.2 Å². The highest BCUT2D eigenvalue weighted by Crippen LogP contribution is 2.27. The summed E-state index contributed by atoms with van der Waals surface area (Å²) in [4.78, 5) is 16.5. The maximum atomic E-state index is 12.3. The van der Waals surface area contributed by atoms with Crippen LogP contribution >= 0.6 is 0 Å². The van der Waals surface area contributed by atoms with Crippen LogP contribution in [0.25, 0.3) is 0 Å². The number of aromatic nitrogens is 1. The van der Waals surface area contributed by atoms with Crippen LogP contribution < -0.4 is 15.4 Å². The Balaban J connectivity index is 1.66. The fourth-order valence-corrected chi connectivity index (χ4v) is 2.36. The Hall–Kier alpha value is -2.56. The molecule has 0 saturated heterocycles. The van der Waals surface area contributed by atoms with Gasteiger partial charge in [-0.2, -0.15) is 0 Å². The molecule has 21 heavy (non-hydrogen) atoms. The first-order valence-electron chi connectivity index (χ1n) is 6.91. The fourth-order valence-electron chi connectivity index (χ4n) is 2.36. The fraction of sp³-hybridized carbons (Fsp3) is 0.250. The largest absolute Gasteiger partial charge is 0.492 e. The summed E-state index contributed by atoms with van der Waals surface area (Å²) in [5.41, 5.74) is 1.77. The molecular weight excluding hydrogens is 266 g/mol. The third-order valence-electron chi connectivity index (χ3n) is 3.54. The van der Waals surface area contributed by atoms with Crippen molar-refractivity contribution >= 4 is 17.4 Å². The van der Waals surface area contributed by atoms with Crippen molar-refractivity contribution in [1.29, 1.82) is 0 Å². The second-order valence-electron chi connectivity index (χ2n) is 4.99. The first-order valence-corrected chi connectivity index (χ1v) is 6.91. The maximum absolute atomic E-state index is 12.3. The predicted molar refractivity (Wildman–Crippen MR) is 81.5 cm³/mol. The molecule has 0 aliphatic carbocycles. The molecule has 0 fully saturated rings. The van der Waals surface area contributed by atoms with Crippen molar-refractivity contribution in [2.75, 3.05) is 24.3 Å². The molecule has 1 aromatic heterocycles. The van der Waals surface area contributed by atoms with E-state index in [1.54, 1.807) is 13.2 Å². The van der Waals surface area contributed by atoms with Crippen molar-refractivity contribution in [2.24, 2.45) is 5.92 Å². The van der Waals surface area contributed by atoms with Gasteiger partial charge in [-0.3, -0.25) is 4.79 Å². The van der Waals surface area contributed by atoms with Crippen molar-refractivity contribution in [3.05, 3.63) is 48.2 Å². The third-order valence-corrected chi connectivity index (χ3v) is 3.54. The summed E-state index contributed by atoms with van der Waals surface area (Å²) >= 11 is 0. The number of fused-ring (bicyclic) bond motifs is 1. The zero-order chi connectivity index (χ0) is 14.7. The van der Waals surface area contributed by atoms with Gasteiger partial charge in [0.15, 0.2) is 0 Å². The van der Waals surface area contributed by atoms with Crippen LogP contribution in [0.3, 0.4) is 0 Å². The molecule has 1 unspecified atom stereocenters. The number of carbonyl (C=O) groups excluding carboxylic acids is 1. The van der Waals surface area contributed by atoms with Crippen molar-refractivity contribution in [3.63, 3.8) is 0 Å². The quantitative estimate of drug-likeness (QED) is 0.907. The van der Waals surface area contributed by atoms with E-state index < -0.39 is 0 Å². The number of amides is 1. The molecule has 108 valence electrons. The van der Waals surface area contributed by atoms with E-state index in [1.165, 1.54) is 0 Å². The number of para-hydroxylation sites is 1. The minimum Gasteiger partial charge on any atom is -0.492 e. The first kappa shape index (κ1) is 13.4. The topological polar surface area (TPSA) is 63.2 Å². The summed E-state index contributed by atoms with van der Waals surface area (Å²) in [5, 5.41) is 5.82. The van der Waals surface area contributed by atoms with E-state index in [2.05, 4.69) is 15.6 Å². The van der Waals surface area contributed by atoms with E-state index in [-0.39, 0.29) is 11.8 Å². The average Bonchev–Trinajstić information content (AvgIpc) is 2.55. The Kier molecular flexibility index (Phi) is 3.73. The molecule has 0 radical (unpaired) electrons. The molecule has 1 amide bonds. The van der Waals surface area contributed by atoms with Crippen LogP contribution in [0.5, 0.6) is 5.75 Å². The van der Waals surface area contributed by atoms with Gasteiger partial charge in [0.2, 0.25) is 5.91 Å². The number of anilines is 2. The Morgan fingerprint density at radius 3 is 2.90 bits per heavy atom. The van der Waals surface area contributed by atoms with Crippen molar-refractivity contribution in [1.82, 2.24) is 4.98 Å². The molecular formula is C16H17N3O2. The Labute approximate surface area is 123 Å². The molecule has 2 aromatic rings. The molecule has 2 heterocycles. The molecule has 0 saturated carbocycles. The summed E-state index contributed by atoms with van der Waals surface area (Å²) in [7, 11) is 1.80. The van der Waals surface area contributed by atoms with Crippen molar-refractivity contribution < 1.29 is 9.53 Å². The van der Waals surface area contributed by atoms with E-state index in [4.69, 9.17) is 4.74 Å². The molecule has 5 nitrogen and oxygen atoms in total. The van der Waals surface area contributed by atoms with Gasteiger partial charge in [-0.15, -0.1) is 0 Å². The molecule has 1 atom stereocenters. The number of pyridine rings is 1. The number of rotatable bonds is 3. The Bertz CT molecular complexity index is 640. The lowest BCUT2D eigenvalue weighted by molar-refractivity contribution is -0.121. The number of nitrogens with zero attached hydrogens (tertiary/aromatic N) is 1. The van der Waals surface area contributed by atoms with E-state index >= 15 is 0 Å². The normalized spacial score (nSPS) is 16.5. The minimum atomic E-state index is -0.177. The Morgan fingerprint density at radius 1 is 1.29 bits per heavy atom. The third kappa shape index (κ3) is 2.97. The van der Waals surface area contributed by atoms with Gasteiger partial charge in [0.1, 0.15) is 18.2 Å². The van der Waals surface area contributed by atoms with Crippen LogP contribution in [-0.4, -0.2) is 24.5 Å². The standard InChI is InChI=1S/C16H17N3O2/c1-17-15-7-6-13(9-18-15)19-16(20)12-8-11-4-2-3-5-14(11)21-10-12/h2-7,9,12H,8,10H2,1H3,(H,17,18)(H,19,20). The lowest BCUT2D eigenvalue weighted by Gasteiger charge is -2.24. The maximum Gasteiger partial charge on any atom is 0.231 e. The highest BCUT2D eigenvalue weighted by Gasteiger charge is 2.25. The number of hydrogen-bond donors (Lipinski definition) is 2. The lowest BCUT2D eigenvalue weighted by Crippen LogP contribution is -2.32. The van der Waals surface area contributed by atoms with Crippen LogP contribution in [0.15, 0.2) is 42.6 Å². The highest BCUT2D eigenvalue weighted by atomic mass is 16.5. The van der Waals surface area contributed by atoms with Crippen molar-refractivity contribution in [2.45, 2.75) is 6.42 Å². The second-order valence-corrected chi connectivity index (χ2v) is 4.99. The molecule has 5 heteroatoms. The molecule has 2 N–H and O–H groups in total. The Morgan fingerprint density at radius 2 is 2.14 bits per heavy atom. The van der Waals surface area contributed by atoms with Crippen molar-refractivity contribution in [3.8, 4) is 5.75 Å². The van der Waals surface area contributed by atoms with Crippen LogP contribution in [0.2, 0.25) is 0 Å². The SMILES string of the molecule is CNc1ccc(NC(=O)C2COc3ccccc3C2)cn1. The zero-order valence-electron chi connectivity index (χ0n) is 11.8. The molecule has 0 bridgehead atoms. The van der Waals surface area contributed by atoms with Gasteiger partial charge in [0, 0.05) is 7.05 Å². The number of ether oxygens (including phenoxy) is 1. The lowest BCUT2D eigenvalue weighted by atomic mass is 9.96. The van der Waals surface area contributed by atoms with E-state index in [0.717, 1.165) is 17.1 Å². The average molecular weight is 283 g/mol. The van der Waals surface area contributed by atoms with E-state index in [9.17, 15) is 4.79 Å². The molecule has 1 aliphatic heterocycles. The van der Waals surface area contributed by atoms with Crippen LogP contribution in [-0.2, 0) is 11.2 Å². The summed E-state index contributed by atoms with van der Waals surface area (Å²) in [5.74, 6) is 1.43. The summed E-state index contributed by atoms with van der Waals surface area (Å²) < 4.78 is 5.64. The molecule has 1 aliphatic rings. The van der Waals surface area contributed by atoms with Gasteiger partial charge in [0.05, 0.1) is 17.8 Å². The minimum absolute atomic E-state index is 0.0384. The smallest absolute Gasteiger partial charge is 0.231 e. The molecule has 0 spiro atoms. The summed E-state index contributed by atoms with van der Waals surface area (Å²) in [6, 6.07) is 11.5. The van der Waals surface area contributed by atoms with Gasteiger partial charge >= 0.3 is 0 Å². The molecule has 1 aromatic carbocycles. The number of hydrogen-bond acceptors (Lipinski definition) is 4. The predicted octanol–water partition coefficient (Wildman–Crippen LogP) is 2.31. The van der Waals surface area contributed by atoms with E-state index in [0.29, 0.717) is 18.7 Å². The van der Waals surface area contributed by atoms with Crippen LogP contribution in [0.4, 0.5) is 11.5 Å². The van der Waals surface area contributed by atoms with Gasteiger partial charge in [-0.25, -0.2) is 4.98 Å². The summed E-state index contributed by atoms with van der Waals surface area (Å²) in [6.45, 7) is 0.408. The first-order chi connectivity index (χ1) is 10.3. The van der Waals surface area contributed by atoms with Crippen LogP contribution in [0, 0.1) is 5.92 Å². The molecule has 3 rings (SSSR count). The monoisotopic (exact) mass is 283 g/mol. The zero-order valence-corrected chi connectivity index (χ0v) is 11.8. The summed E-state index contributed by atoms with van der Waals surface area (Å²) in [6.07, 6.45) is 2.34. The number of carbonyl (C=O) groups is 1. The van der Waals surface area contributed by atoms with Gasteiger partial charge in [-0.05, 0) is 30.2 Å². The number of nitrogens with one attached hydrogen (secondary N) is 2. The highest BCUT2D eigenvalue weighted by molar-refractivity contribution is 5.93.